The zero-order chi connectivity index (χ0) is 19.8. The van der Waals surface area contributed by atoms with Gasteiger partial charge >= 0.3 is 0 Å². The van der Waals surface area contributed by atoms with Crippen LogP contribution in [0.5, 0.6) is 0 Å². The number of hydrogen-bond acceptors (Lipinski definition) is 3. The molecule has 27 heavy (non-hydrogen) atoms. The first-order valence-corrected chi connectivity index (χ1v) is 9.44. The molecular weight excluding hydrogens is 396 g/mol. The van der Waals surface area contributed by atoms with Crippen LogP contribution >= 0.6 is 11.6 Å². The van der Waals surface area contributed by atoms with Gasteiger partial charge in [-0.2, -0.15) is 5.26 Å². The summed E-state index contributed by atoms with van der Waals surface area (Å²) in [5.74, 6) is -1.45. The average Bonchev–Trinajstić information content (AvgIpc) is 3.10. The zero-order valence-corrected chi connectivity index (χ0v) is 15.4. The lowest BCUT2D eigenvalue weighted by molar-refractivity contribution is 0.598. The lowest BCUT2D eigenvalue weighted by Gasteiger charge is -2.09. The number of sulfonamides is 1. The quantitative estimate of drug-likeness (QED) is 0.663. The van der Waals surface area contributed by atoms with Gasteiger partial charge in [0.05, 0.1) is 17.3 Å². The SMILES string of the molecule is Cc1cc(NS(=O)(=O)c2c[nH]c(-c3cc(Cl)ccc3F)c2)c(F)cc1C#N. The third-order valence-electron chi connectivity index (χ3n) is 3.86. The molecule has 138 valence electrons. The summed E-state index contributed by atoms with van der Waals surface area (Å²) in [5, 5.41) is 9.19. The predicted octanol–water partition coefficient (Wildman–Crippen LogP) is 4.59. The summed E-state index contributed by atoms with van der Waals surface area (Å²) >= 11 is 5.85. The number of aryl methyl sites for hydroxylation is 1. The molecule has 2 aromatic carbocycles. The predicted molar refractivity (Wildman–Crippen MR) is 97.9 cm³/mol. The first-order valence-electron chi connectivity index (χ1n) is 7.58. The number of aromatic nitrogens is 1. The number of halogens is 3. The molecule has 0 aliphatic rings. The summed E-state index contributed by atoms with van der Waals surface area (Å²) in [7, 11) is -4.14. The summed E-state index contributed by atoms with van der Waals surface area (Å²) in [6.07, 6.45) is 1.16. The molecule has 0 bridgehead atoms. The highest BCUT2D eigenvalue weighted by atomic mass is 35.5. The van der Waals surface area contributed by atoms with Gasteiger partial charge < -0.3 is 4.98 Å². The van der Waals surface area contributed by atoms with E-state index in [0.717, 1.165) is 12.3 Å². The van der Waals surface area contributed by atoms with Gasteiger partial charge in [-0.3, -0.25) is 4.72 Å². The Labute approximate surface area is 159 Å². The van der Waals surface area contributed by atoms with E-state index < -0.39 is 21.7 Å². The Morgan fingerprint density at radius 2 is 1.89 bits per heavy atom. The fourth-order valence-corrected chi connectivity index (χ4v) is 3.70. The number of nitrogens with zero attached hydrogens (tertiary/aromatic N) is 1. The molecule has 0 saturated heterocycles. The monoisotopic (exact) mass is 407 g/mol. The molecular formula is C18H12ClF2N3O2S. The Balaban J connectivity index is 1.96. The highest BCUT2D eigenvalue weighted by molar-refractivity contribution is 7.92. The van der Waals surface area contributed by atoms with Crippen LogP contribution in [0.3, 0.4) is 0 Å². The third kappa shape index (κ3) is 3.79. The van der Waals surface area contributed by atoms with Gasteiger partial charge in [0.25, 0.3) is 10.0 Å². The number of nitriles is 1. The van der Waals surface area contributed by atoms with E-state index in [1.165, 1.54) is 30.3 Å². The third-order valence-corrected chi connectivity index (χ3v) is 5.44. The van der Waals surface area contributed by atoms with Crippen LogP contribution in [0.2, 0.25) is 5.02 Å². The van der Waals surface area contributed by atoms with E-state index in [1.807, 2.05) is 6.07 Å². The van der Waals surface area contributed by atoms with Crippen LogP contribution in [-0.4, -0.2) is 13.4 Å². The number of rotatable bonds is 4. The molecule has 5 nitrogen and oxygen atoms in total. The molecule has 0 aliphatic heterocycles. The van der Waals surface area contributed by atoms with Crippen LogP contribution in [0, 0.1) is 29.9 Å². The maximum Gasteiger partial charge on any atom is 0.263 e. The molecule has 0 radical (unpaired) electrons. The topological polar surface area (TPSA) is 85.8 Å². The second-order valence-corrected chi connectivity index (χ2v) is 7.86. The van der Waals surface area contributed by atoms with Crippen molar-refractivity contribution in [2.45, 2.75) is 11.8 Å². The van der Waals surface area contributed by atoms with Crippen molar-refractivity contribution in [3.63, 3.8) is 0 Å². The van der Waals surface area contributed by atoms with Gasteiger partial charge in [0.1, 0.15) is 16.5 Å². The normalized spacial score (nSPS) is 11.2. The van der Waals surface area contributed by atoms with Gasteiger partial charge in [0.15, 0.2) is 0 Å². The molecule has 0 unspecified atom stereocenters. The van der Waals surface area contributed by atoms with Crippen LogP contribution < -0.4 is 4.72 Å². The van der Waals surface area contributed by atoms with Crippen LogP contribution in [0.15, 0.2) is 47.5 Å². The van der Waals surface area contributed by atoms with Crippen molar-refractivity contribution in [1.29, 1.82) is 5.26 Å². The van der Waals surface area contributed by atoms with Crippen LogP contribution in [-0.2, 0) is 10.0 Å². The van der Waals surface area contributed by atoms with E-state index in [0.29, 0.717) is 10.6 Å². The Morgan fingerprint density at radius 1 is 1.15 bits per heavy atom. The Morgan fingerprint density at radius 3 is 2.59 bits per heavy atom. The van der Waals surface area contributed by atoms with E-state index in [-0.39, 0.29) is 27.4 Å². The van der Waals surface area contributed by atoms with E-state index in [2.05, 4.69) is 9.71 Å². The standard InChI is InChI=1S/C18H12ClF2N3O2S/c1-10-4-18(16(21)5-11(10)8-22)24-27(25,26)13-7-17(23-9-13)14-6-12(19)2-3-15(14)20/h2-7,9,23-24H,1H3. The zero-order valence-electron chi connectivity index (χ0n) is 13.8. The summed E-state index contributed by atoms with van der Waals surface area (Å²) in [6, 6.07) is 9.12. The van der Waals surface area contributed by atoms with Crippen molar-refractivity contribution < 1.29 is 17.2 Å². The molecule has 0 saturated carbocycles. The van der Waals surface area contributed by atoms with E-state index in [4.69, 9.17) is 16.9 Å². The maximum absolute atomic E-state index is 14.1. The van der Waals surface area contributed by atoms with Gasteiger partial charge in [-0.05, 0) is 48.9 Å². The van der Waals surface area contributed by atoms with Crippen LogP contribution in [0.25, 0.3) is 11.3 Å². The summed E-state index contributed by atoms with van der Waals surface area (Å²) in [4.78, 5) is 2.46. The Bertz CT molecular complexity index is 1180. The number of hydrogen-bond donors (Lipinski definition) is 2. The van der Waals surface area contributed by atoms with Crippen molar-refractivity contribution in [3.05, 3.63) is 70.4 Å². The Kier molecular flexibility index (Phi) is 4.91. The van der Waals surface area contributed by atoms with Crippen molar-refractivity contribution in [1.82, 2.24) is 4.98 Å². The molecule has 1 heterocycles. The molecule has 0 fully saturated rings. The van der Waals surface area contributed by atoms with Gasteiger partial charge in [-0.15, -0.1) is 0 Å². The van der Waals surface area contributed by atoms with Crippen LogP contribution in [0.1, 0.15) is 11.1 Å². The van der Waals surface area contributed by atoms with Crippen molar-refractivity contribution >= 4 is 27.3 Å². The number of H-pyrrole nitrogens is 1. The van der Waals surface area contributed by atoms with Crippen molar-refractivity contribution in [3.8, 4) is 17.3 Å². The molecule has 2 N–H and O–H groups in total. The average molecular weight is 408 g/mol. The lowest BCUT2D eigenvalue weighted by Crippen LogP contribution is -2.13. The number of anilines is 1. The van der Waals surface area contributed by atoms with E-state index in [1.54, 1.807) is 6.92 Å². The fraction of sp³-hybridized carbons (Fsp3) is 0.0556. The number of aromatic amines is 1. The van der Waals surface area contributed by atoms with E-state index in [9.17, 15) is 17.2 Å². The number of nitrogens with one attached hydrogen (secondary N) is 2. The molecule has 0 atom stereocenters. The van der Waals surface area contributed by atoms with Crippen molar-refractivity contribution in [2.75, 3.05) is 4.72 Å². The molecule has 9 heteroatoms. The largest absolute Gasteiger partial charge is 0.360 e. The van der Waals surface area contributed by atoms with Crippen LogP contribution in [0.4, 0.5) is 14.5 Å². The number of benzene rings is 2. The maximum atomic E-state index is 14.1. The summed E-state index contributed by atoms with van der Waals surface area (Å²) in [5.41, 5.74) is 0.544. The van der Waals surface area contributed by atoms with Gasteiger partial charge in [0, 0.05) is 22.5 Å². The second kappa shape index (κ2) is 7.02. The molecule has 0 amide bonds. The second-order valence-electron chi connectivity index (χ2n) is 5.74. The molecule has 0 aliphatic carbocycles. The van der Waals surface area contributed by atoms with Gasteiger partial charge in [-0.25, -0.2) is 17.2 Å². The smallest absolute Gasteiger partial charge is 0.263 e. The lowest BCUT2D eigenvalue weighted by atomic mass is 10.1. The van der Waals surface area contributed by atoms with E-state index >= 15 is 0 Å². The van der Waals surface area contributed by atoms with Crippen molar-refractivity contribution in [2.24, 2.45) is 0 Å². The van der Waals surface area contributed by atoms with Gasteiger partial charge in [0.2, 0.25) is 0 Å². The molecule has 1 aromatic heterocycles. The first kappa shape index (κ1) is 18.9. The highest BCUT2D eigenvalue weighted by Gasteiger charge is 2.20. The Hall–Kier alpha value is -2.89. The minimum Gasteiger partial charge on any atom is -0.360 e. The minimum atomic E-state index is -4.14. The summed E-state index contributed by atoms with van der Waals surface area (Å²) in [6.45, 7) is 1.56. The molecule has 3 aromatic rings. The van der Waals surface area contributed by atoms with Gasteiger partial charge in [-0.1, -0.05) is 11.6 Å². The first-order chi connectivity index (χ1) is 12.7. The summed E-state index contributed by atoms with van der Waals surface area (Å²) < 4.78 is 55.2. The minimum absolute atomic E-state index is 0.101. The fourth-order valence-electron chi connectivity index (χ4n) is 2.47. The molecule has 0 spiro atoms. The highest BCUT2D eigenvalue weighted by Crippen LogP contribution is 2.28. The molecule has 3 rings (SSSR count).